The fourth-order valence-corrected chi connectivity index (χ4v) is 2.21. The summed E-state index contributed by atoms with van der Waals surface area (Å²) < 4.78 is 1.54. The standard InChI is InChI=1S/C13H8Cl2N4O/c14-9-1-2-11(19-7-12(15)17-18-19)10(6-9)8-3-4-16-13(20)5-8/h1-7H,(H,16,20). The third-order valence-corrected chi connectivity index (χ3v) is 3.17. The molecule has 0 fully saturated rings. The molecule has 1 N–H and O–H groups in total. The lowest BCUT2D eigenvalue weighted by molar-refractivity contribution is 0.804. The van der Waals surface area contributed by atoms with Gasteiger partial charge in [0.1, 0.15) is 0 Å². The molecule has 2 heterocycles. The molecule has 1 aromatic carbocycles. The van der Waals surface area contributed by atoms with Gasteiger partial charge in [-0.3, -0.25) is 4.79 Å². The molecule has 0 spiro atoms. The molecule has 0 aliphatic carbocycles. The van der Waals surface area contributed by atoms with Crippen LogP contribution in [-0.2, 0) is 0 Å². The number of aromatic nitrogens is 4. The highest BCUT2D eigenvalue weighted by Crippen LogP contribution is 2.28. The lowest BCUT2D eigenvalue weighted by atomic mass is 10.1. The molecule has 0 aliphatic heterocycles. The van der Waals surface area contributed by atoms with E-state index in [0.717, 1.165) is 16.8 Å². The van der Waals surface area contributed by atoms with Crippen LogP contribution in [0.3, 0.4) is 0 Å². The van der Waals surface area contributed by atoms with E-state index >= 15 is 0 Å². The normalized spacial score (nSPS) is 10.7. The van der Waals surface area contributed by atoms with Crippen molar-refractivity contribution >= 4 is 23.2 Å². The van der Waals surface area contributed by atoms with E-state index in [-0.39, 0.29) is 10.7 Å². The Morgan fingerprint density at radius 1 is 1.15 bits per heavy atom. The van der Waals surface area contributed by atoms with Crippen LogP contribution in [0.2, 0.25) is 10.2 Å². The number of pyridine rings is 1. The molecule has 0 saturated carbocycles. The zero-order chi connectivity index (χ0) is 14.1. The van der Waals surface area contributed by atoms with Crippen LogP contribution in [-0.4, -0.2) is 20.0 Å². The zero-order valence-corrected chi connectivity index (χ0v) is 11.6. The largest absolute Gasteiger partial charge is 0.329 e. The monoisotopic (exact) mass is 306 g/mol. The molecule has 0 unspecified atom stereocenters. The quantitative estimate of drug-likeness (QED) is 0.791. The van der Waals surface area contributed by atoms with Crippen molar-refractivity contribution in [3.8, 4) is 16.8 Å². The first-order valence-corrected chi connectivity index (χ1v) is 6.46. The second-order valence-electron chi connectivity index (χ2n) is 4.09. The highest BCUT2D eigenvalue weighted by atomic mass is 35.5. The van der Waals surface area contributed by atoms with E-state index in [4.69, 9.17) is 23.2 Å². The number of H-pyrrole nitrogens is 1. The summed E-state index contributed by atoms with van der Waals surface area (Å²) in [5.41, 5.74) is 2.05. The Kier molecular flexibility index (Phi) is 3.30. The van der Waals surface area contributed by atoms with Crippen LogP contribution in [0.5, 0.6) is 0 Å². The van der Waals surface area contributed by atoms with Crippen molar-refractivity contribution in [3.05, 3.63) is 63.3 Å². The summed E-state index contributed by atoms with van der Waals surface area (Å²) in [4.78, 5) is 14.0. The van der Waals surface area contributed by atoms with Gasteiger partial charge in [-0.25, -0.2) is 4.68 Å². The average Bonchev–Trinajstić information content (AvgIpc) is 2.85. The Labute approximate surface area is 123 Å². The molecular weight excluding hydrogens is 299 g/mol. The minimum atomic E-state index is -0.190. The summed E-state index contributed by atoms with van der Waals surface area (Å²) in [6, 6.07) is 8.58. The number of nitrogens with zero attached hydrogens (tertiary/aromatic N) is 3. The predicted molar refractivity (Wildman–Crippen MR) is 77.4 cm³/mol. The van der Waals surface area contributed by atoms with Gasteiger partial charge in [0.05, 0.1) is 11.9 Å². The van der Waals surface area contributed by atoms with E-state index in [0.29, 0.717) is 5.02 Å². The highest BCUT2D eigenvalue weighted by molar-refractivity contribution is 6.31. The van der Waals surface area contributed by atoms with Gasteiger partial charge < -0.3 is 4.98 Å². The van der Waals surface area contributed by atoms with E-state index < -0.39 is 0 Å². The van der Waals surface area contributed by atoms with Gasteiger partial charge in [-0.2, -0.15) is 0 Å². The third kappa shape index (κ3) is 2.45. The highest BCUT2D eigenvalue weighted by Gasteiger charge is 2.10. The Balaban J connectivity index is 2.24. The van der Waals surface area contributed by atoms with Crippen LogP contribution in [0, 0.1) is 0 Å². The first-order valence-electron chi connectivity index (χ1n) is 5.70. The van der Waals surface area contributed by atoms with E-state index in [2.05, 4.69) is 15.3 Å². The first-order chi connectivity index (χ1) is 9.63. The summed E-state index contributed by atoms with van der Waals surface area (Å²) in [7, 11) is 0. The van der Waals surface area contributed by atoms with E-state index in [1.54, 1.807) is 36.7 Å². The second kappa shape index (κ2) is 5.11. The molecule has 3 aromatic rings. The smallest absolute Gasteiger partial charge is 0.248 e. The van der Waals surface area contributed by atoms with Gasteiger partial charge in [0.15, 0.2) is 5.15 Å². The van der Waals surface area contributed by atoms with Crippen molar-refractivity contribution in [2.45, 2.75) is 0 Å². The zero-order valence-electron chi connectivity index (χ0n) is 10.0. The molecule has 7 heteroatoms. The molecular formula is C13H8Cl2N4O. The van der Waals surface area contributed by atoms with Crippen molar-refractivity contribution in [1.29, 1.82) is 0 Å². The number of hydrogen-bond donors (Lipinski definition) is 1. The lowest BCUT2D eigenvalue weighted by Crippen LogP contribution is -2.04. The van der Waals surface area contributed by atoms with Crippen molar-refractivity contribution in [1.82, 2.24) is 20.0 Å². The van der Waals surface area contributed by atoms with Gasteiger partial charge in [0.2, 0.25) is 5.56 Å². The summed E-state index contributed by atoms with van der Waals surface area (Å²) in [6.07, 6.45) is 3.16. The molecule has 20 heavy (non-hydrogen) atoms. The van der Waals surface area contributed by atoms with E-state index in [9.17, 15) is 4.79 Å². The average molecular weight is 307 g/mol. The van der Waals surface area contributed by atoms with Crippen LogP contribution in [0.4, 0.5) is 0 Å². The minimum Gasteiger partial charge on any atom is -0.329 e. The molecule has 3 rings (SSSR count). The van der Waals surface area contributed by atoms with Crippen LogP contribution in [0.25, 0.3) is 16.8 Å². The van der Waals surface area contributed by atoms with E-state index in [1.807, 2.05) is 0 Å². The molecule has 0 bridgehead atoms. The Morgan fingerprint density at radius 2 is 2.00 bits per heavy atom. The predicted octanol–water partition coefficient (Wildman–Crippen LogP) is 2.93. The molecule has 0 radical (unpaired) electrons. The van der Waals surface area contributed by atoms with Gasteiger partial charge in [-0.15, -0.1) is 5.10 Å². The van der Waals surface area contributed by atoms with Gasteiger partial charge >= 0.3 is 0 Å². The fraction of sp³-hybridized carbons (Fsp3) is 0. The van der Waals surface area contributed by atoms with Gasteiger partial charge in [-0.05, 0) is 29.8 Å². The summed E-state index contributed by atoms with van der Waals surface area (Å²) in [6.45, 7) is 0. The van der Waals surface area contributed by atoms with Crippen LogP contribution < -0.4 is 5.56 Å². The summed E-state index contributed by atoms with van der Waals surface area (Å²) >= 11 is 11.8. The van der Waals surface area contributed by atoms with Crippen molar-refractivity contribution in [2.75, 3.05) is 0 Å². The Hall–Kier alpha value is -2.11. The van der Waals surface area contributed by atoms with Gasteiger partial charge in [-0.1, -0.05) is 28.4 Å². The van der Waals surface area contributed by atoms with Crippen molar-refractivity contribution in [3.63, 3.8) is 0 Å². The molecule has 0 atom stereocenters. The first kappa shape index (κ1) is 12.9. The number of rotatable bonds is 2. The SMILES string of the molecule is O=c1cc(-c2cc(Cl)ccc2-n2cc(Cl)nn2)cc[nH]1. The lowest BCUT2D eigenvalue weighted by Gasteiger charge is -2.09. The molecule has 0 amide bonds. The molecule has 100 valence electrons. The minimum absolute atomic E-state index is 0.190. The Morgan fingerprint density at radius 3 is 2.70 bits per heavy atom. The maximum Gasteiger partial charge on any atom is 0.248 e. The number of benzene rings is 1. The maximum absolute atomic E-state index is 11.5. The van der Waals surface area contributed by atoms with Crippen LogP contribution >= 0.6 is 23.2 Å². The number of nitrogens with one attached hydrogen (secondary N) is 1. The van der Waals surface area contributed by atoms with E-state index in [1.165, 1.54) is 10.7 Å². The number of hydrogen-bond acceptors (Lipinski definition) is 3. The van der Waals surface area contributed by atoms with Gasteiger partial charge in [0, 0.05) is 22.8 Å². The summed E-state index contributed by atoms with van der Waals surface area (Å²) in [5.74, 6) is 0. The summed E-state index contributed by atoms with van der Waals surface area (Å²) in [5, 5.41) is 8.53. The van der Waals surface area contributed by atoms with Crippen LogP contribution in [0.15, 0.2) is 47.5 Å². The topological polar surface area (TPSA) is 63.6 Å². The van der Waals surface area contributed by atoms with Gasteiger partial charge in [0.25, 0.3) is 0 Å². The molecule has 2 aromatic heterocycles. The maximum atomic E-state index is 11.5. The fourth-order valence-electron chi connectivity index (χ4n) is 1.91. The number of halogens is 2. The molecule has 5 nitrogen and oxygen atoms in total. The van der Waals surface area contributed by atoms with Crippen molar-refractivity contribution in [2.24, 2.45) is 0 Å². The Bertz CT molecular complexity index is 825. The van der Waals surface area contributed by atoms with Crippen molar-refractivity contribution < 1.29 is 0 Å². The molecule has 0 saturated heterocycles. The van der Waals surface area contributed by atoms with Crippen LogP contribution in [0.1, 0.15) is 0 Å². The third-order valence-electron chi connectivity index (χ3n) is 2.76. The number of aromatic amines is 1. The molecule has 0 aliphatic rings. The second-order valence-corrected chi connectivity index (χ2v) is 4.91.